The number of nitrogens with zero attached hydrogens (tertiary/aromatic N) is 1. The third-order valence-corrected chi connectivity index (χ3v) is 3.39. The van der Waals surface area contributed by atoms with Crippen LogP contribution in [0.25, 0.3) is 0 Å². The zero-order valence-corrected chi connectivity index (χ0v) is 10.5. The number of carbonyl (C=O) groups is 2. The molecule has 6 heteroatoms. The molecule has 2 atom stereocenters. The molecule has 0 aromatic carbocycles. The average Bonchev–Trinajstić information content (AvgIpc) is 2.41. The normalized spacial score (nSPS) is 22.8. The van der Waals surface area contributed by atoms with E-state index in [-0.39, 0.29) is 23.3 Å². The maximum atomic E-state index is 12.1. The number of carboxylic acid groups (broad SMARTS) is 1. The largest absolute Gasteiger partial charge is 0.478 e. The summed E-state index contributed by atoms with van der Waals surface area (Å²) in [5.74, 6) is -1.63. The van der Waals surface area contributed by atoms with Gasteiger partial charge in [-0.25, -0.2) is 4.79 Å². The van der Waals surface area contributed by atoms with E-state index in [1.54, 1.807) is 0 Å². The maximum Gasteiger partial charge on any atom is 0.338 e. The molecular weight excluding hydrogens is 246 g/mol. The minimum absolute atomic E-state index is 0.0622. The van der Waals surface area contributed by atoms with E-state index in [2.05, 4.69) is 10.3 Å². The molecule has 1 aromatic rings. The molecule has 1 heterocycles. The van der Waals surface area contributed by atoms with Crippen molar-refractivity contribution in [3.05, 3.63) is 29.6 Å². The van der Waals surface area contributed by atoms with Crippen LogP contribution in [-0.2, 0) is 0 Å². The number of pyridine rings is 1. The lowest BCUT2D eigenvalue weighted by molar-refractivity contribution is 0.0689. The molecule has 1 fully saturated rings. The van der Waals surface area contributed by atoms with Crippen LogP contribution in [0.4, 0.5) is 0 Å². The number of carbonyl (C=O) groups excluding carboxylic acids is 1. The minimum Gasteiger partial charge on any atom is -0.478 e. The maximum absolute atomic E-state index is 12.1. The molecule has 0 saturated heterocycles. The molecule has 1 aliphatic rings. The van der Waals surface area contributed by atoms with Crippen LogP contribution < -0.4 is 11.1 Å². The molecule has 2 unspecified atom stereocenters. The summed E-state index contributed by atoms with van der Waals surface area (Å²) in [5.41, 5.74) is 5.80. The Kier molecular flexibility index (Phi) is 4.11. The standard InChI is InChI=1S/C13H17N3O3/c14-9-5-1-2-6-10(9)16-12(17)11-8(13(18)19)4-3-7-15-11/h3-4,7,9-10H,1-2,5-6,14H2,(H,16,17)(H,18,19). The molecule has 2 rings (SSSR count). The average molecular weight is 263 g/mol. The van der Waals surface area contributed by atoms with Crippen LogP contribution >= 0.6 is 0 Å². The number of aromatic nitrogens is 1. The first kappa shape index (κ1) is 13.5. The highest BCUT2D eigenvalue weighted by atomic mass is 16.4. The van der Waals surface area contributed by atoms with E-state index in [0.717, 1.165) is 25.7 Å². The second-order valence-corrected chi connectivity index (χ2v) is 4.73. The lowest BCUT2D eigenvalue weighted by Gasteiger charge is -2.29. The SMILES string of the molecule is NC1CCCCC1NC(=O)c1ncccc1C(=O)O. The first-order valence-corrected chi connectivity index (χ1v) is 6.34. The summed E-state index contributed by atoms with van der Waals surface area (Å²) in [4.78, 5) is 27.0. The highest BCUT2D eigenvalue weighted by Gasteiger charge is 2.26. The molecule has 0 spiro atoms. The predicted octanol–water partition coefficient (Wildman–Crippen LogP) is 0.779. The molecule has 1 saturated carbocycles. The monoisotopic (exact) mass is 263 g/mol. The van der Waals surface area contributed by atoms with Crippen molar-refractivity contribution in [3.8, 4) is 0 Å². The number of hydrogen-bond donors (Lipinski definition) is 3. The van der Waals surface area contributed by atoms with Crippen molar-refractivity contribution in [2.45, 2.75) is 37.8 Å². The molecule has 1 aliphatic carbocycles. The summed E-state index contributed by atoms with van der Waals surface area (Å²) in [7, 11) is 0. The quantitative estimate of drug-likeness (QED) is 0.747. The van der Waals surface area contributed by atoms with Gasteiger partial charge in [-0.2, -0.15) is 0 Å². The van der Waals surface area contributed by atoms with Crippen molar-refractivity contribution in [3.63, 3.8) is 0 Å². The van der Waals surface area contributed by atoms with Gasteiger partial charge in [-0.1, -0.05) is 12.8 Å². The first-order chi connectivity index (χ1) is 9.09. The highest BCUT2D eigenvalue weighted by Crippen LogP contribution is 2.17. The first-order valence-electron chi connectivity index (χ1n) is 6.34. The number of nitrogens with one attached hydrogen (secondary N) is 1. The van der Waals surface area contributed by atoms with Gasteiger partial charge in [-0.15, -0.1) is 0 Å². The fourth-order valence-corrected chi connectivity index (χ4v) is 2.33. The van der Waals surface area contributed by atoms with Crippen LogP contribution in [0.3, 0.4) is 0 Å². The third kappa shape index (κ3) is 3.08. The zero-order valence-electron chi connectivity index (χ0n) is 10.5. The minimum atomic E-state index is -1.16. The van der Waals surface area contributed by atoms with Gasteiger partial charge in [0.25, 0.3) is 5.91 Å². The Balaban J connectivity index is 2.13. The molecular formula is C13H17N3O3. The van der Waals surface area contributed by atoms with Gasteiger partial charge in [-0.05, 0) is 25.0 Å². The Morgan fingerprint density at radius 2 is 2.11 bits per heavy atom. The summed E-state index contributed by atoms with van der Waals surface area (Å²) in [6.07, 6.45) is 5.19. The Hall–Kier alpha value is -1.95. The molecule has 4 N–H and O–H groups in total. The number of amides is 1. The highest BCUT2D eigenvalue weighted by molar-refractivity contribution is 6.03. The summed E-state index contributed by atoms with van der Waals surface area (Å²) < 4.78 is 0. The van der Waals surface area contributed by atoms with Crippen molar-refractivity contribution < 1.29 is 14.7 Å². The number of nitrogens with two attached hydrogens (primary N) is 1. The second-order valence-electron chi connectivity index (χ2n) is 4.73. The van der Waals surface area contributed by atoms with Crippen LogP contribution in [0.2, 0.25) is 0 Å². The molecule has 0 bridgehead atoms. The van der Waals surface area contributed by atoms with Gasteiger partial charge in [-0.3, -0.25) is 9.78 Å². The smallest absolute Gasteiger partial charge is 0.338 e. The molecule has 1 aromatic heterocycles. The third-order valence-electron chi connectivity index (χ3n) is 3.39. The van der Waals surface area contributed by atoms with E-state index in [1.807, 2.05) is 0 Å². The lowest BCUT2D eigenvalue weighted by atomic mass is 9.91. The number of carboxylic acids is 1. The Labute approximate surface area is 111 Å². The van der Waals surface area contributed by atoms with Crippen molar-refractivity contribution in [2.24, 2.45) is 5.73 Å². The number of hydrogen-bond acceptors (Lipinski definition) is 4. The molecule has 0 aliphatic heterocycles. The van der Waals surface area contributed by atoms with Crippen molar-refractivity contribution in [1.82, 2.24) is 10.3 Å². The summed E-state index contributed by atoms with van der Waals surface area (Å²) in [6, 6.07) is 2.68. The topological polar surface area (TPSA) is 105 Å². The van der Waals surface area contributed by atoms with Gasteiger partial charge < -0.3 is 16.2 Å². The van der Waals surface area contributed by atoms with Crippen LogP contribution in [-0.4, -0.2) is 34.1 Å². The summed E-state index contributed by atoms with van der Waals surface area (Å²) >= 11 is 0. The van der Waals surface area contributed by atoms with E-state index < -0.39 is 11.9 Å². The van der Waals surface area contributed by atoms with Crippen molar-refractivity contribution in [2.75, 3.05) is 0 Å². The number of rotatable bonds is 3. The van der Waals surface area contributed by atoms with Crippen molar-refractivity contribution >= 4 is 11.9 Å². The van der Waals surface area contributed by atoms with Gasteiger partial charge >= 0.3 is 5.97 Å². The fraction of sp³-hybridized carbons (Fsp3) is 0.462. The van der Waals surface area contributed by atoms with Crippen LogP contribution in [0.5, 0.6) is 0 Å². The molecule has 1 amide bonds. The summed E-state index contributed by atoms with van der Waals surface area (Å²) in [5, 5.41) is 11.8. The van der Waals surface area contributed by atoms with Gasteiger partial charge in [0.2, 0.25) is 0 Å². The van der Waals surface area contributed by atoms with Gasteiger partial charge in [0.05, 0.1) is 5.56 Å². The molecule has 6 nitrogen and oxygen atoms in total. The fourth-order valence-electron chi connectivity index (χ4n) is 2.33. The van der Waals surface area contributed by atoms with E-state index in [9.17, 15) is 9.59 Å². The molecule has 102 valence electrons. The molecule has 19 heavy (non-hydrogen) atoms. The van der Waals surface area contributed by atoms with E-state index in [4.69, 9.17) is 10.8 Å². The van der Waals surface area contributed by atoms with E-state index >= 15 is 0 Å². The molecule has 0 radical (unpaired) electrons. The van der Waals surface area contributed by atoms with Crippen LogP contribution in [0.15, 0.2) is 18.3 Å². The zero-order chi connectivity index (χ0) is 13.8. The Morgan fingerprint density at radius 3 is 2.79 bits per heavy atom. The lowest BCUT2D eigenvalue weighted by Crippen LogP contribution is -2.49. The van der Waals surface area contributed by atoms with Gasteiger partial charge in [0.1, 0.15) is 5.69 Å². The van der Waals surface area contributed by atoms with Gasteiger partial charge in [0, 0.05) is 18.3 Å². The van der Waals surface area contributed by atoms with Crippen LogP contribution in [0.1, 0.15) is 46.5 Å². The van der Waals surface area contributed by atoms with E-state index in [0.29, 0.717) is 0 Å². The van der Waals surface area contributed by atoms with Crippen molar-refractivity contribution in [1.29, 1.82) is 0 Å². The van der Waals surface area contributed by atoms with Crippen LogP contribution in [0, 0.1) is 0 Å². The second kappa shape index (κ2) is 5.79. The summed E-state index contributed by atoms with van der Waals surface area (Å²) in [6.45, 7) is 0. The van der Waals surface area contributed by atoms with E-state index in [1.165, 1.54) is 18.3 Å². The predicted molar refractivity (Wildman–Crippen MR) is 68.9 cm³/mol. The number of aromatic carboxylic acids is 1. The Bertz CT molecular complexity index is 490. The van der Waals surface area contributed by atoms with Gasteiger partial charge in [0.15, 0.2) is 0 Å². The Morgan fingerprint density at radius 1 is 1.37 bits per heavy atom.